The van der Waals surface area contributed by atoms with Crippen LogP contribution in [0.3, 0.4) is 0 Å². The van der Waals surface area contributed by atoms with Gasteiger partial charge in [-0.2, -0.15) is 0 Å². The minimum absolute atomic E-state index is 0.174. The molecule has 3 amide bonds. The van der Waals surface area contributed by atoms with Gasteiger partial charge in [0.2, 0.25) is 11.8 Å². The maximum Gasteiger partial charge on any atom is 0.408 e. The fraction of sp³-hybridized carbons (Fsp3) is 0.450. The van der Waals surface area contributed by atoms with Crippen LogP contribution in [0.1, 0.15) is 26.3 Å². The molecule has 1 heterocycles. The average molecular weight is 405 g/mol. The Balaban J connectivity index is 2.38. The van der Waals surface area contributed by atoms with Crippen molar-refractivity contribution in [3.05, 3.63) is 35.9 Å². The van der Waals surface area contributed by atoms with Crippen molar-refractivity contribution in [1.82, 2.24) is 9.80 Å². The number of hydrogen-bond donors (Lipinski definition) is 2. The molecule has 9 heteroatoms. The van der Waals surface area contributed by atoms with Crippen molar-refractivity contribution in [2.24, 2.45) is 5.73 Å². The molecule has 0 spiro atoms. The van der Waals surface area contributed by atoms with Gasteiger partial charge in [0.1, 0.15) is 17.5 Å². The number of rotatable bonds is 7. The molecule has 2 rings (SSSR count). The van der Waals surface area contributed by atoms with Crippen LogP contribution in [-0.2, 0) is 16.1 Å². The van der Waals surface area contributed by atoms with Crippen LogP contribution >= 0.6 is 0 Å². The zero-order valence-corrected chi connectivity index (χ0v) is 17.2. The molecule has 29 heavy (non-hydrogen) atoms. The zero-order valence-electron chi connectivity index (χ0n) is 17.2. The summed E-state index contributed by atoms with van der Waals surface area (Å²) in [5.74, 6) is 0.0968. The van der Waals surface area contributed by atoms with Gasteiger partial charge in [0, 0.05) is 23.2 Å². The predicted molar refractivity (Wildman–Crippen MR) is 106 cm³/mol. The number of methoxy groups -OCH3 is 2. The topological polar surface area (TPSA) is 122 Å². The summed E-state index contributed by atoms with van der Waals surface area (Å²) in [6.45, 7) is 5.29. The number of carbonyl (C=O) groups excluding carboxylic acids is 2. The molecule has 0 saturated carbocycles. The molecule has 3 N–H and O–H groups in total. The van der Waals surface area contributed by atoms with Crippen LogP contribution in [0, 0.1) is 0 Å². The molecule has 158 valence electrons. The first-order valence-corrected chi connectivity index (χ1v) is 9.02. The monoisotopic (exact) mass is 405 g/mol. The van der Waals surface area contributed by atoms with Gasteiger partial charge in [0.05, 0.1) is 26.8 Å². The van der Waals surface area contributed by atoms with Crippen molar-refractivity contribution in [3.8, 4) is 11.5 Å². The number of benzene rings is 1. The molecule has 1 aliphatic heterocycles. The number of nitrogens with two attached hydrogens (primary N) is 1. The second kappa shape index (κ2) is 8.42. The van der Waals surface area contributed by atoms with Crippen LogP contribution in [-0.4, -0.2) is 64.7 Å². The molecule has 1 aromatic rings. The Bertz CT molecular complexity index is 830. The van der Waals surface area contributed by atoms with Gasteiger partial charge in [-0.1, -0.05) is 6.08 Å². The van der Waals surface area contributed by atoms with Crippen molar-refractivity contribution >= 4 is 17.9 Å². The fourth-order valence-electron chi connectivity index (χ4n) is 3.39. The normalized spacial score (nSPS) is 19.1. The highest BCUT2D eigenvalue weighted by Crippen LogP contribution is 2.35. The summed E-state index contributed by atoms with van der Waals surface area (Å²) in [5.41, 5.74) is 5.11. The largest absolute Gasteiger partial charge is 0.497 e. The van der Waals surface area contributed by atoms with E-state index in [0.717, 1.165) is 16.5 Å². The Morgan fingerprint density at radius 2 is 1.93 bits per heavy atom. The van der Waals surface area contributed by atoms with E-state index in [4.69, 9.17) is 15.2 Å². The van der Waals surface area contributed by atoms with Crippen LogP contribution in [0.4, 0.5) is 4.79 Å². The highest BCUT2D eigenvalue weighted by molar-refractivity contribution is 5.94. The number of carboxylic acid groups (broad SMARTS) is 1. The van der Waals surface area contributed by atoms with Gasteiger partial charge >= 0.3 is 6.09 Å². The van der Waals surface area contributed by atoms with Gasteiger partial charge < -0.3 is 25.2 Å². The van der Waals surface area contributed by atoms with Crippen LogP contribution in [0.15, 0.2) is 30.4 Å². The third-order valence-corrected chi connectivity index (χ3v) is 4.72. The molecular weight excluding hydrogens is 378 g/mol. The highest BCUT2D eigenvalue weighted by atomic mass is 16.5. The first-order valence-electron chi connectivity index (χ1n) is 9.02. The van der Waals surface area contributed by atoms with Crippen LogP contribution in [0.5, 0.6) is 11.5 Å². The maximum absolute atomic E-state index is 12.9. The van der Waals surface area contributed by atoms with E-state index >= 15 is 0 Å². The van der Waals surface area contributed by atoms with Gasteiger partial charge in [-0.25, -0.2) is 4.79 Å². The number of hydrogen-bond acceptors (Lipinski definition) is 5. The summed E-state index contributed by atoms with van der Waals surface area (Å²) < 4.78 is 10.6. The lowest BCUT2D eigenvalue weighted by Gasteiger charge is -2.52. The van der Waals surface area contributed by atoms with Gasteiger partial charge in [0.15, 0.2) is 0 Å². The van der Waals surface area contributed by atoms with Gasteiger partial charge in [0.25, 0.3) is 0 Å². The minimum atomic E-state index is -1.21. The summed E-state index contributed by atoms with van der Waals surface area (Å²) >= 11 is 0. The molecule has 1 aromatic carbocycles. The van der Waals surface area contributed by atoms with Crippen molar-refractivity contribution in [2.75, 3.05) is 14.2 Å². The van der Waals surface area contributed by atoms with Crippen molar-refractivity contribution in [2.45, 2.75) is 44.9 Å². The summed E-state index contributed by atoms with van der Waals surface area (Å²) in [4.78, 5) is 38.6. The number of β-lactam (4-membered cyclic amide) rings is 1. The summed E-state index contributed by atoms with van der Waals surface area (Å²) in [6, 6.07) is 3.62. The SMILES string of the molecule is COc1ccc(CN2C(=O)[C@H](N(C(=O)O)C(C)(C)C)[C@@H]2C=CC(N)=O)c(OC)c1. The van der Waals surface area contributed by atoms with E-state index < -0.39 is 29.6 Å². The Hall–Kier alpha value is -3.23. The number of amides is 3. The standard InChI is InChI=1S/C20H27N3O6/c1-20(2,3)23(19(26)27)17-14(8-9-16(21)24)22(18(17)25)11-12-6-7-13(28-4)10-15(12)29-5/h6-10,14,17H,11H2,1-5H3,(H2,21,24)(H,26,27)/t14-,17+/m0/s1. The van der Waals surface area contributed by atoms with Crippen molar-refractivity contribution in [3.63, 3.8) is 0 Å². The third-order valence-electron chi connectivity index (χ3n) is 4.72. The minimum Gasteiger partial charge on any atom is -0.497 e. The van der Waals surface area contributed by atoms with Gasteiger partial charge in [-0.3, -0.25) is 14.5 Å². The summed E-state index contributed by atoms with van der Waals surface area (Å²) in [6.07, 6.45) is 1.40. The fourth-order valence-corrected chi connectivity index (χ4v) is 3.39. The number of nitrogens with zero attached hydrogens (tertiary/aromatic N) is 2. The predicted octanol–water partition coefficient (Wildman–Crippen LogP) is 1.60. The number of carbonyl (C=O) groups is 3. The second-order valence-electron chi connectivity index (χ2n) is 7.66. The Kier molecular flexibility index (Phi) is 6.41. The molecule has 0 aromatic heterocycles. The maximum atomic E-state index is 12.9. The van der Waals surface area contributed by atoms with E-state index in [0.29, 0.717) is 11.5 Å². The van der Waals surface area contributed by atoms with Crippen molar-refractivity contribution < 1.29 is 29.0 Å². The van der Waals surface area contributed by atoms with Crippen LogP contribution in [0.25, 0.3) is 0 Å². The first kappa shape index (κ1) is 22.1. The molecule has 0 bridgehead atoms. The van der Waals surface area contributed by atoms with E-state index in [-0.39, 0.29) is 12.5 Å². The molecule has 1 saturated heterocycles. The summed E-state index contributed by atoms with van der Waals surface area (Å²) in [7, 11) is 3.05. The number of likely N-dealkylation sites (tertiary alicyclic amines) is 1. The van der Waals surface area contributed by atoms with E-state index in [2.05, 4.69) is 0 Å². The molecular formula is C20H27N3O6. The molecule has 9 nitrogen and oxygen atoms in total. The Morgan fingerprint density at radius 1 is 1.28 bits per heavy atom. The van der Waals surface area contributed by atoms with E-state index in [1.807, 2.05) is 0 Å². The molecule has 0 radical (unpaired) electrons. The Morgan fingerprint density at radius 3 is 2.41 bits per heavy atom. The van der Waals surface area contributed by atoms with E-state index in [9.17, 15) is 19.5 Å². The molecule has 0 aliphatic carbocycles. The van der Waals surface area contributed by atoms with E-state index in [1.54, 1.807) is 39.0 Å². The molecule has 0 unspecified atom stereocenters. The van der Waals surface area contributed by atoms with Crippen LogP contribution in [0.2, 0.25) is 0 Å². The lowest BCUT2D eigenvalue weighted by molar-refractivity contribution is -0.159. The van der Waals surface area contributed by atoms with Gasteiger partial charge in [-0.05, 0) is 32.9 Å². The first-order chi connectivity index (χ1) is 13.5. The zero-order chi connectivity index (χ0) is 21.9. The lowest BCUT2D eigenvalue weighted by atomic mass is 9.88. The average Bonchev–Trinajstić information content (AvgIpc) is 2.64. The molecule has 1 aliphatic rings. The number of ether oxygens (including phenoxy) is 2. The lowest BCUT2D eigenvalue weighted by Crippen LogP contribution is -2.73. The smallest absolute Gasteiger partial charge is 0.408 e. The third kappa shape index (κ3) is 4.61. The number of primary amides is 1. The van der Waals surface area contributed by atoms with E-state index in [1.165, 1.54) is 25.2 Å². The molecule has 1 fully saturated rings. The molecule has 2 atom stereocenters. The Labute approximate surface area is 169 Å². The van der Waals surface area contributed by atoms with Gasteiger partial charge in [-0.15, -0.1) is 0 Å². The second-order valence-corrected chi connectivity index (χ2v) is 7.66. The highest BCUT2D eigenvalue weighted by Gasteiger charge is 2.53. The summed E-state index contributed by atoms with van der Waals surface area (Å²) in [5, 5.41) is 9.68. The van der Waals surface area contributed by atoms with Crippen molar-refractivity contribution in [1.29, 1.82) is 0 Å². The quantitative estimate of drug-likeness (QED) is 0.525. The van der Waals surface area contributed by atoms with Crippen LogP contribution < -0.4 is 15.2 Å².